The molecule has 0 fully saturated rings. The Morgan fingerprint density at radius 3 is 1.57 bits per heavy atom. The lowest BCUT2D eigenvalue weighted by atomic mass is 9.78. The normalized spacial score (nSPS) is 11.1. The van der Waals surface area contributed by atoms with Crippen molar-refractivity contribution in [1.82, 2.24) is 4.98 Å². The van der Waals surface area contributed by atoms with E-state index in [9.17, 15) is 0 Å². The Labute approximate surface area is 215 Å². The van der Waals surface area contributed by atoms with Crippen LogP contribution in [0, 0.1) is 10.9 Å². The van der Waals surface area contributed by atoms with E-state index in [-0.39, 0.29) is 5.84 Å². The Morgan fingerprint density at radius 1 is 0.595 bits per heavy atom. The van der Waals surface area contributed by atoms with E-state index in [0.29, 0.717) is 5.56 Å². The molecule has 0 bridgehead atoms. The zero-order valence-corrected chi connectivity index (χ0v) is 20.2. The highest BCUT2D eigenvalue weighted by Gasteiger charge is 2.31. The largest absolute Gasteiger partial charge is 0.355 e. The molecule has 0 aliphatic rings. The molecule has 5 nitrogen and oxygen atoms in total. The van der Waals surface area contributed by atoms with E-state index in [0.717, 1.165) is 38.5 Å². The Bertz CT molecular complexity index is 1560. The summed E-state index contributed by atoms with van der Waals surface area (Å²) in [6.45, 7) is 0. The molecule has 0 unspecified atom stereocenters. The van der Waals surface area contributed by atoms with Crippen molar-refractivity contribution in [2.45, 2.75) is 5.54 Å². The first-order valence-electron chi connectivity index (χ1n) is 12.0. The van der Waals surface area contributed by atoms with Crippen molar-refractivity contribution in [2.75, 3.05) is 0 Å². The number of aromatic nitrogens is 1. The van der Waals surface area contributed by atoms with Gasteiger partial charge in [-0.05, 0) is 41.0 Å². The summed E-state index contributed by atoms with van der Waals surface area (Å²) in [6, 6.07) is 44.4. The number of nitrogens with zero attached hydrogens (tertiary/aromatic N) is 1. The van der Waals surface area contributed by atoms with Crippen LogP contribution in [0.2, 0.25) is 0 Å². The lowest BCUT2D eigenvalue weighted by Gasteiger charge is -2.31. The lowest BCUT2D eigenvalue weighted by molar-refractivity contribution is 0.653. The predicted molar refractivity (Wildman–Crippen MR) is 151 cm³/mol. The molecule has 5 heteroatoms. The van der Waals surface area contributed by atoms with Crippen LogP contribution < -0.4 is 5.73 Å². The number of fused-ring (bicyclic) bond motifs is 3. The summed E-state index contributed by atoms with van der Waals surface area (Å²) in [6.07, 6.45) is 0. The van der Waals surface area contributed by atoms with Gasteiger partial charge in [0.05, 0.1) is 5.54 Å². The quantitative estimate of drug-likeness (QED) is 0.0885. The summed E-state index contributed by atoms with van der Waals surface area (Å²) >= 11 is 0. The fourth-order valence-electron chi connectivity index (χ4n) is 4.66. The Morgan fingerprint density at radius 2 is 1.05 bits per heavy atom. The van der Waals surface area contributed by atoms with Gasteiger partial charge in [-0.2, -0.15) is 0 Å². The maximum absolute atomic E-state index is 7.55. The number of hydrogen-bond donors (Lipinski definition) is 4. The van der Waals surface area contributed by atoms with Crippen LogP contribution in [-0.2, 0) is 5.54 Å². The highest BCUT2D eigenvalue weighted by atomic mass is 15.0. The fraction of sp³-hybridized carbons (Fsp3) is 0.0312. The molecule has 0 spiro atoms. The van der Waals surface area contributed by atoms with Gasteiger partial charge in [0, 0.05) is 27.4 Å². The second-order valence-electron chi connectivity index (χ2n) is 8.80. The summed E-state index contributed by atoms with van der Waals surface area (Å²) < 4.78 is 0. The zero-order chi connectivity index (χ0) is 25.7. The van der Waals surface area contributed by atoms with Crippen molar-refractivity contribution in [2.24, 2.45) is 10.8 Å². The fourth-order valence-corrected chi connectivity index (χ4v) is 4.66. The minimum absolute atomic E-state index is 0.0165. The van der Waals surface area contributed by atoms with Gasteiger partial charge < -0.3 is 10.7 Å². The van der Waals surface area contributed by atoms with Crippen LogP contribution in [-0.4, -0.2) is 10.8 Å². The predicted octanol–water partition coefficient (Wildman–Crippen LogP) is 7.61. The van der Waals surface area contributed by atoms with Gasteiger partial charge in [0.1, 0.15) is 0 Å². The van der Waals surface area contributed by atoms with Crippen LogP contribution in [0.15, 0.2) is 139 Å². The van der Waals surface area contributed by atoms with Crippen molar-refractivity contribution in [3.05, 3.63) is 156 Å². The second-order valence-corrected chi connectivity index (χ2v) is 8.80. The number of rotatable bonds is 4. The number of nitrogens with two attached hydrogens (primary N) is 1. The molecule has 0 atom stereocenters. The standard InChI is InChI=1S/C19H17N.C13H10N4/c20-19(16-10-4-1-5-11-16,17-12-6-2-7-13-17)18-14-8-3-9-15-18;14-13(17-15)8-5-6-12-10(7-8)9-3-1-2-4-11(9)16-12/h1-15H,20H2;1-7,14-16H. The molecule has 0 aliphatic carbocycles. The van der Waals surface area contributed by atoms with E-state index in [4.69, 9.17) is 16.7 Å². The number of H-pyrrole nitrogens is 1. The van der Waals surface area contributed by atoms with Gasteiger partial charge in [0.25, 0.3) is 0 Å². The molecule has 37 heavy (non-hydrogen) atoms. The molecule has 6 rings (SSSR count). The van der Waals surface area contributed by atoms with Crippen LogP contribution in [0.3, 0.4) is 0 Å². The third-order valence-electron chi connectivity index (χ3n) is 6.58. The number of benzene rings is 5. The third-order valence-corrected chi connectivity index (χ3v) is 6.58. The van der Waals surface area contributed by atoms with Gasteiger partial charge in [-0.3, -0.25) is 5.41 Å². The highest BCUT2D eigenvalue weighted by Crippen LogP contribution is 2.33. The van der Waals surface area contributed by atoms with Crippen LogP contribution in [0.1, 0.15) is 22.3 Å². The third kappa shape index (κ3) is 4.68. The van der Waals surface area contributed by atoms with Crippen LogP contribution in [0.5, 0.6) is 0 Å². The van der Waals surface area contributed by atoms with Gasteiger partial charge in [0.2, 0.25) is 0 Å². The Balaban J connectivity index is 0.000000153. The van der Waals surface area contributed by atoms with E-state index in [2.05, 4.69) is 46.5 Å². The number of aromatic amines is 1. The van der Waals surface area contributed by atoms with E-state index < -0.39 is 5.54 Å². The van der Waals surface area contributed by atoms with E-state index in [1.54, 1.807) is 6.07 Å². The molecule has 5 aromatic carbocycles. The summed E-state index contributed by atoms with van der Waals surface area (Å²) in [5.41, 5.74) is 19.2. The smallest absolute Gasteiger partial charge is 0.173 e. The number of hydrogen-bond acceptors (Lipinski definition) is 3. The monoisotopic (exact) mass is 481 g/mol. The molecule has 0 amide bonds. The Kier molecular flexibility index (Phi) is 6.70. The van der Waals surface area contributed by atoms with Gasteiger partial charge in [-0.15, -0.1) is 5.11 Å². The van der Waals surface area contributed by atoms with Crippen molar-refractivity contribution < 1.29 is 0 Å². The van der Waals surface area contributed by atoms with E-state index in [1.165, 1.54) is 0 Å². The average Bonchev–Trinajstić information content (AvgIpc) is 3.36. The molecule has 0 radical (unpaired) electrons. The number of amidine groups is 1. The summed E-state index contributed by atoms with van der Waals surface area (Å²) in [7, 11) is 0. The van der Waals surface area contributed by atoms with Gasteiger partial charge in [0.15, 0.2) is 5.84 Å². The van der Waals surface area contributed by atoms with E-state index in [1.807, 2.05) is 91.0 Å². The Hall–Kier alpha value is -4.87. The molecule has 1 aromatic heterocycles. The van der Waals surface area contributed by atoms with E-state index >= 15 is 0 Å². The lowest BCUT2D eigenvalue weighted by Crippen LogP contribution is -2.39. The second kappa shape index (κ2) is 10.4. The molecule has 0 aliphatic heterocycles. The topological polar surface area (TPSA) is 102 Å². The first-order chi connectivity index (χ1) is 18.1. The number of nitrogens with one attached hydrogen (secondary N) is 3. The number of para-hydroxylation sites is 1. The minimum atomic E-state index is -0.621. The summed E-state index contributed by atoms with van der Waals surface area (Å²) in [5.74, 6) is -0.0165. The molecule has 0 saturated carbocycles. The van der Waals surface area contributed by atoms with Crippen LogP contribution in [0.4, 0.5) is 0 Å². The van der Waals surface area contributed by atoms with Crippen LogP contribution in [0.25, 0.3) is 21.8 Å². The van der Waals surface area contributed by atoms with Crippen LogP contribution >= 0.6 is 0 Å². The highest BCUT2D eigenvalue weighted by molar-refractivity contribution is 6.10. The molecule has 0 saturated heterocycles. The minimum Gasteiger partial charge on any atom is -0.355 e. The molecular weight excluding hydrogens is 454 g/mol. The maximum Gasteiger partial charge on any atom is 0.173 e. The van der Waals surface area contributed by atoms with Crippen molar-refractivity contribution in [3.8, 4) is 0 Å². The molecule has 6 aromatic rings. The first-order valence-corrected chi connectivity index (χ1v) is 12.0. The molecule has 5 N–H and O–H groups in total. The average molecular weight is 482 g/mol. The van der Waals surface area contributed by atoms with Gasteiger partial charge in [-0.25, -0.2) is 5.53 Å². The molecular formula is C32H27N5. The summed E-state index contributed by atoms with van der Waals surface area (Å²) in [4.78, 5) is 3.31. The SMILES string of the molecule is N=NC(=N)c1ccc2[nH]c3ccccc3c2c1.NC(c1ccccc1)(c1ccccc1)c1ccccc1. The van der Waals surface area contributed by atoms with Gasteiger partial charge in [-0.1, -0.05) is 109 Å². The molecule has 180 valence electrons. The maximum atomic E-state index is 7.55. The van der Waals surface area contributed by atoms with Crippen molar-refractivity contribution >= 4 is 27.6 Å². The zero-order valence-electron chi connectivity index (χ0n) is 20.2. The van der Waals surface area contributed by atoms with Crippen molar-refractivity contribution in [3.63, 3.8) is 0 Å². The first kappa shape index (κ1) is 23.9. The summed E-state index contributed by atoms with van der Waals surface area (Å²) in [5, 5.41) is 12.9. The van der Waals surface area contributed by atoms with Crippen molar-refractivity contribution in [1.29, 1.82) is 10.9 Å². The molecule has 1 heterocycles. The van der Waals surface area contributed by atoms with Gasteiger partial charge >= 0.3 is 0 Å².